The zero-order chi connectivity index (χ0) is 29.1. The fourth-order valence-corrected chi connectivity index (χ4v) is 5.51. The van der Waals surface area contributed by atoms with Crippen molar-refractivity contribution in [3.8, 4) is 11.4 Å². The van der Waals surface area contributed by atoms with E-state index in [9.17, 15) is 23.1 Å². The van der Waals surface area contributed by atoms with Crippen LogP contribution in [-0.2, 0) is 27.6 Å². The third kappa shape index (κ3) is 6.20. The summed E-state index contributed by atoms with van der Waals surface area (Å²) in [6.07, 6.45) is 0.115. The molecule has 1 amide bonds. The van der Waals surface area contributed by atoms with Crippen LogP contribution >= 0.6 is 0 Å². The largest absolute Gasteiger partial charge is 0.478 e. The van der Waals surface area contributed by atoms with E-state index in [4.69, 9.17) is 4.98 Å². The van der Waals surface area contributed by atoms with Crippen LogP contribution in [0.5, 0.6) is 0 Å². The first-order valence-electron chi connectivity index (χ1n) is 13.1. The van der Waals surface area contributed by atoms with E-state index in [2.05, 4.69) is 16.0 Å². The van der Waals surface area contributed by atoms with Crippen LogP contribution < -0.4 is 5.32 Å². The van der Waals surface area contributed by atoms with Gasteiger partial charge in [-0.15, -0.1) is 0 Å². The van der Waals surface area contributed by atoms with Crippen LogP contribution in [0.1, 0.15) is 34.0 Å². The molecule has 0 saturated carbocycles. The number of aryl methyl sites for hydroxylation is 1. The van der Waals surface area contributed by atoms with Crippen molar-refractivity contribution < 1.29 is 23.1 Å². The summed E-state index contributed by atoms with van der Waals surface area (Å²) in [6.45, 7) is 4.13. The van der Waals surface area contributed by atoms with Gasteiger partial charge >= 0.3 is 5.97 Å². The van der Waals surface area contributed by atoms with Crippen molar-refractivity contribution in [3.63, 3.8) is 0 Å². The van der Waals surface area contributed by atoms with Crippen LogP contribution in [0.4, 0.5) is 5.69 Å². The number of rotatable bonds is 9. The van der Waals surface area contributed by atoms with Gasteiger partial charge in [-0.05, 0) is 84.3 Å². The van der Waals surface area contributed by atoms with E-state index in [1.807, 2.05) is 55.5 Å². The maximum absolute atomic E-state index is 12.7. The summed E-state index contributed by atoms with van der Waals surface area (Å²) >= 11 is 0. The Kier molecular flexibility index (Phi) is 7.72. The molecule has 41 heavy (non-hydrogen) atoms. The minimum Gasteiger partial charge on any atom is -0.478 e. The van der Waals surface area contributed by atoms with Gasteiger partial charge in [0, 0.05) is 17.8 Å². The molecule has 2 N–H and O–H groups in total. The highest BCUT2D eigenvalue weighted by atomic mass is 32.2. The number of carboxylic acids is 1. The smallest absolute Gasteiger partial charge is 0.335 e. The summed E-state index contributed by atoms with van der Waals surface area (Å²) < 4.78 is 26.1. The molecule has 208 valence electrons. The fraction of sp³-hybridized carbons (Fsp3) is 0.156. The van der Waals surface area contributed by atoms with E-state index in [1.54, 1.807) is 31.2 Å². The molecule has 4 aromatic carbocycles. The van der Waals surface area contributed by atoms with E-state index in [0.717, 1.165) is 39.1 Å². The molecule has 0 radical (unpaired) electrons. The fourth-order valence-electron chi connectivity index (χ4n) is 4.62. The van der Waals surface area contributed by atoms with Crippen molar-refractivity contribution in [2.24, 2.45) is 0 Å². The number of hydrogen-bond donors (Lipinski definition) is 2. The summed E-state index contributed by atoms with van der Waals surface area (Å²) in [6, 6.07) is 26.7. The molecule has 0 aliphatic carbocycles. The number of hydrogen-bond acceptors (Lipinski definition) is 5. The molecule has 0 unspecified atom stereocenters. The highest BCUT2D eigenvalue weighted by Crippen LogP contribution is 2.28. The number of nitrogens with zero attached hydrogens (tertiary/aromatic N) is 2. The number of anilines is 1. The molecule has 0 bridgehead atoms. The van der Waals surface area contributed by atoms with Crippen LogP contribution in [0.25, 0.3) is 22.4 Å². The van der Waals surface area contributed by atoms with Gasteiger partial charge in [0.1, 0.15) is 5.82 Å². The lowest BCUT2D eigenvalue weighted by Crippen LogP contribution is -2.14. The van der Waals surface area contributed by atoms with Crippen LogP contribution in [0, 0.1) is 6.92 Å². The number of sulfone groups is 1. The minimum atomic E-state index is -3.28. The summed E-state index contributed by atoms with van der Waals surface area (Å²) in [4.78, 5) is 29.1. The average molecular weight is 568 g/mol. The monoisotopic (exact) mass is 567 g/mol. The highest BCUT2D eigenvalue weighted by molar-refractivity contribution is 7.91. The number of carbonyl (C=O) groups is 2. The van der Waals surface area contributed by atoms with Gasteiger partial charge in [0.15, 0.2) is 9.84 Å². The lowest BCUT2D eigenvalue weighted by Gasteiger charge is -2.11. The van der Waals surface area contributed by atoms with Gasteiger partial charge in [-0.25, -0.2) is 18.2 Å². The molecule has 0 atom stereocenters. The Morgan fingerprint density at radius 3 is 2.17 bits per heavy atom. The van der Waals surface area contributed by atoms with E-state index in [0.29, 0.717) is 12.2 Å². The number of aromatic nitrogens is 2. The number of imidazole rings is 1. The first-order chi connectivity index (χ1) is 19.6. The molecular formula is C32H29N3O5S. The van der Waals surface area contributed by atoms with Crippen LogP contribution in [0.2, 0.25) is 0 Å². The van der Waals surface area contributed by atoms with Gasteiger partial charge in [-0.2, -0.15) is 0 Å². The molecule has 1 aromatic heterocycles. The van der Waals surface area contributed by atoms with E-state index >= 15 is 0 Å². The maximum atomic E-state index is 12.7. The number of carboxylic acid groups (broad SMARTS) is 1. The van der Waals surface area contributed by atoms with Gasteiger partial charge in [0.25, 0.3) is 0 Å². The number of fused-ring (bicyclic) bond motifs is 1. The van der Waals surface area contributed by atoms with Gasteiger partial charge in [0.2, 0.25) is 5.91 Å². The zero-order valence-corrected chi connectivity index (χ0v) is 23.5. The van der Waals surface area contributed by atoms with Crippen LogP contribution in [0.15, 0.2) is 95.9 Å². The summed E-state index contributed by atoms with van der Waals surface area (Å²) in [5.74, 6) is -0.392. The topological polar surface area (TPSA) is 118 Å². The molecular weight excluding hydrogens is 538 g/mol. The van der Waals surface area contributed by atoms with E-state index in [-0.39, 0.29) is 28.5 Å². The Morgan fingerprint density at radius 1 is 0.878 bits per heavy atom. The summed E-state index contributed by atoms with van der Waals surface area (Å²) in [5, 5.41) is 12.1. The quantitative estimate of drug-likeness (QED) is 0.235. The Bertz CT molecular complexity index is 1840. The summed E-state index contributed by atoms with van der Waals surface area (Å²) in [5.41, 5.74) is 6.32. The van der Waals surface area contributed by atoms with E-state index < -0.39 is 15.8 Å². The third-order valence-electron chi connectivity index (χ3n) is 6.90. The maximum Gasteiger partial charge on any atom is 0.335 e. The predicted octanol–water partition coefficient (Wildman–Crippen LogP) is 5.73. The van der Waals surface area contributed by atoms with Crippen LogP contribution in [0.3, 0.4) is 0 Å². The second-order valence-corrected chi connectivity index (χ2v) is 12.1. The second-order valence-electron chi connectivity index (χ2n) is 9.87. The Hall–Kier alpha value is -4.76. The number of nitrogens with one attached hydrogen (secondary N) is 1. The molecule has 5 aromatic rings. The third-order valence-corrected chi connectivity index (χ3v) is 8.65. The SMILES string of the molecule is CCS(=O)(=O)c1ccc(CC(=O)Nc2ccc(-c3nc4ccc(C)cc4n3Cc3ccc(C(=O)O)cc3)cc2)cc1. The molecule has 9 heteroatoms. The van der Waals surface area contributed by atoms with Gasteiger partial charge in [0.05, 0.1) is 33.7 Å². The number of benzene rings is 4. The molecule has 8 nitrogen and oxygen atoms in total. The van der Waals surface area contributed by atoms with E-state index in [1.165, 1.54) is 12.1 Å². The Balaban J connectivity index is 1.35. The lowest BCUT2D eigenvalue weighted by atomic mass is 10.1. The van der Waals surface area contributed by atoms with Crippen molar-refractivity contribution in [2.75, 3.05) is 11.1 Å². The molecule has 0 fully saturated rings. The Labute approximate surface area is 238 Å². The van der Waals surface area contributed by atoms with Crippen molar-refractivity contribution in [1.82, 2.24) is 9.55 Å². The second kappa shape index (κ2) is 11.4. The normalized spacial score (nSPS) is 11.5. The minimum absolute atomic E-state index is 0.0264. The first-order valence-corrected chi connectivity index (χ1v) is 14.8. The molecule has 0 spiro atoms. The standard InChI is InChI=1S/C32H29N3O5S/c1-3-41(39,40)27-15-7-22(8-16-27)19-30(36)33-26-13-11-24(12-14-26)31-34-28-17-4-21(2)18-29(28)35(31)20-23-5-9-25(10-6-23)32(37)38/h4-18H,3,19-20H2,1-2H3,(H,33,36)(H,37,38). The van der Waals surface area contributed by atoms with Gasteiger partial charge in [-0.3, -0.25) is 4.79 Å². The molecule has 0 aliphatic rings. The van der Waals surface area contributed by atoms with Gasteiger partial charge < -0.3 is 15.0 Å². The zero-order valence-electron chi connectivity index (χ0n) is 22.7. The van der Waals surface area contributed by atoms with Crippen molar-refractivity contribution in [3.05, 3.63) is 113 Å². The molecule has 5 rings (SSSR count). The molecule has 0 saturated heterocycles. The number of aromatic carboxylic acids is 1. The highest BCUT2D eigenvalue weighted by Gasteiger charge is 2.15. The Morgan fingerprint density at radius 2 is 1.54 bits per heavy atom. The first kappa shape index (κ1) is 27.8. The molecule has 1 heterocycles. The van der Waals surface area contributed by atoms with Gasteiger partial charge in [-0.1, -0.05) is 37.3 Å². The number of carbonyl (C=O) groups excluding carboxylic acids is 1. The lowest BCUT2D eigenvalue weighted by molar-refractivity contribution is -0.115. The summed E-state index contributed by atoms with van der Waals surface area (Å²) in [7, 11) is -3.28. The molecule has 0 aliphatic heterocycles. The van der Waals surface area contributed by atoms with Crippen molar-refractivity contribution in [1.29, 1.82) is 0 Å². The average Bonchev–Trinajstić information content (AvgIpc) is 3.31. The predicted molar refractivity (Wildman–Crippen MR) is 159 cm³/mol. The number of amides is 1. The van der Waals surface area contributed by atoms with Crippen molar-refractivity contribution >= 4 is 38.4 Å². The van der Waals surface area contributed by atoms with Crippen molar-refractivity contribution in [2.45, 2.75) is 31.7 Å². The van der Waals surface area contributed by atoms with Crippen LogP contribution in [-0.4, -0.2) is 40.7 Å².